The Labute approximate surface area is 180 Å². The van der Waals surface area contributed by atoms with E-state index in [0.717, 1.165) is 61.1 Å². The molecule has 1 fully saturated rings. The maximum atomic E-state index is 7.12. The van der Waals surface area contributed by atoms with Crippen molar-refractivity contribution in [2.45, 2.75) is 6.23 Å². The summed E-state index contributed by atoms with van der Waals surface area (Å²) in [5, 5.41) is 10.5. The molecule has 0 aliphatic carbocycles. The summed E-state index contributed by atoms with van der Waals surface area (Å²) >= 11 is 1.53. The molecular weight excluding hydrogens is 400 g/mol. The van der Waals surface area contributed by atoms with Crippen molar-refractivity contribution in [1.82, 2.24) is 25.7 Å². The third kappa shape index (κ3) is 5.08. The highest BCUT2D eigenvalue weighted by molar-refractivity contribution is 7.99. The van der Waals surface area contributed by atoms with Crippen LogP contribution in [0.25, 0.3) is 17.3 Å². The van der Waals surface area contributed by atoms with Gasteiger partial charge in [0.25, 0.3) is 0 Å². The Morgan fingerprint density at radius 3 is 2.93 bits per heavy atom. The van der Waals surface area contributed by atoms with Crippen molar-refractivity contribution in [3.63, 3.8) is 0 Å². The van der Waals surface area contributed by atoms with Crippen LogP contribution in [0.15, 0.2) is 35.5 Å². The quantitative estimate of drug-likeness (QED) is 0.324. The van der Waals surface area contributed by atoms with Crippen LogP contribution in [0.2, 0.25) is 0 Å². The van der Waals surface area contributed by atoms with E-state index >= 15 is 0 Å². The van der Waals surface area contributed by atoms with Crippen LogP contribution in [0.5, 0.6) is 0 Å². The number of imidazole rings is 1. The lowest BCUT2D eigenvalue weighted by Crippen LogP contribution is -2.46. The highest BCUT2D eigenvalue weighted by atomic mass is 32.2. The van der Waals surface area contributed by atoms with Crippen molar-refractivity contribution in [3.8, 4) is 11.3 Å². The van der Waals surface area contributed by atoms with E-state index in [1.807, 2.05) is 6.26 Å². The molecule has 2 aliphatic rings. The molecule has 1 unspecified atom stereocenters. The van der Waals surface area contributed by atoms with Crippen LogP contribution in [-0.4, -0.2) is 72.1 Å². The van der Waals surface area contributed by atoms with E-state index < -0.39 is 0 Å². The highest BCUT2D eigenvalue weighted by Gasteiger charge is 2.23. The van der Waals surface area contributed by atoms with E-state index in [0.29, 0.717) is 5.82 Å². The van der Waals surface area contributed by atoms with E-state index in [1.54, 1.807) is 18.3 Å². The third-order valence-corrected chi connectivity index (χ3v) is 5.31. The topological polar surface area (TPSA) is 113 Å². The van der Waals surface area contributed by atoms with Gasteiger partial charge in [0.15, 0.2) is 12.1 Å². The largest absolute Gasteiger partial charge is 0.338 e. The number of aromatic amines is 1. The average Bonchev–Trinajstić information content (AvgIpc) is 3.43. The number of piperazine rings is 1. The summed E-state index contributed by atoms with van der Waals surface area (Å²) < 4.78 is 3.30. The number of nitrogens with one attached hydrogen (secondary N) is 5. The standard InChI is InChI=1S/C20H26N8OS/c1-30-27-16-10-14(17-12-23-18(24-17)3-2-4-21)9-15(11-16)20-25-19(29-26-20)13-28-7-5-22-6-8-28/h2-4,9-12,19,21-22,27H,5-8,13H2,1H3,(H,23,24)(H,25,26)/b3-2-,21-4?. The Hall–Kier alpha value is -2.66. The summed E-state index contributed by atoms with van der Waals surface area (Å²) in [6.45, 7) is 4.80. The van der Waals surface area contributed by atoms with Crippen LogP contribution >= 0.6 is 11.9 Å². The van der Waals surface area contributed by atoms with Gasteiger partial charge in [-0.15, -0.1) is 0 Å². The molecule has 1 aromatic heterocycles. The average molecular weight is 427 g/mol. The van der Waals surface area contributed by atoms with Gasteiger partial charge in [0, 0.05) is 62.0 Å². The van der Waals surface area contributed by atoms with Crippen molar-refractivity contribution in [3.05, 3.63) is 41.9 Å². The fourth-order valence-electron chi connectivity index (χ4n) is 3.45. The summed E-state index contributed by atoms with van der Waals surface area (Å²) in [5.41, 5.74) is 6.79. The Kier molecular flexibility index (Phi) is 6.80. The van der Waals surface area contributed by atoms with Crippen LogP contribution in [0.1, 0.15) is 11.4 Å². The normalized spacial score (nSPS) is 19.6. The summed E-state index contributed by atoms with van der Waals surface area (Å²) in [4.78, 5) is 20.5. The van der Waals surface area contributed by atoms with Gasteiger partial charge in [0.2, 0.25) is 0 Å². The number of allylic oxidation sites excluding steroid dienone is 1. The van der Waals surface area contributed by atoms with Crippen LogP contribution in [0.4, 0.5) is 5.69 Å². The van der Waals surface area contributed by atoms with Crippen molar-refractivity contribution in [2.24, 2.45) is 4.99 Å². The molecular formula is C20H26N8OS. The number of aliphatic imine (C=N–C) groups is 1. The number of aromatic nitrogens is 2. The van der Waals surface area contributed by atoms with Gasteiger partial charge in [-0.25, -0.2) is 20.3 Å². The van der Waals surface area contributed by atoms with E-state index in [-0.39, 0.29) is 6.23 Å². The lowest BCUT2D eigenvalue weighted by atomic mass is 10.1. The predicted molar refractivity (Wildman–Crippen MR) is 123 cm³/mol. The Morgan fingerprint density at radius 1 is 1.30 bits per heavy atom. The van der Waals surface area contributed by atoms with Crippen LogP contribution < -0.4 is 15.5 Å². The molecule has 4 rings (SSSR count). The number of nitrogens with zero attached hydrogens (tertiary/aromatic N) is 3. The lowest BCUT2D eigenvalue weighted by Gasteiger charge is -2.27. The van der Waals surface area contributed by atoms with Gasteiger partial charge in [-0.1, -0.05) is 11.9 Å². The molecule has 2 aromatic rings. The van der Waals surface area contributed by atoms with Crippen molar-refractivity contribution < 1.29 is 4.84 Å². The van der Waals surface area contributed by atoms with Gasteiger partial charge in [-0.3, -0.25) is 4.90 Å². The second kappa shape index (κ2) is 9.90. The van der Waals surface area contributed by atoms with Gasteiger partial charge >= 0.3 is 0 Å². The Morgan fingerprint density at radius 2 is 2.13 bits per heavy atom. The predicted octanol–water partition coefficient (Wildman–Crippen LogP) is 1.94. The molecule has 9 nitrogen and oxygen atoms in total. The van der Waals surface area contributed by atoms with Crippen molar-refractivity contribution >= 4 is 35.8 Å². The smallest absolute Gasteiger partial charge is 0.189 e. The maximum Gasteiger partial charge on any atom is 0.189 e. The molecule has 0 radical (unpaired) electrons. The van der Waals surface area contributed by atoms with Crippen molar-refractivity contribution in [1.29, 1.82) is 5.41 Å². The number of amidine groups is 1. The Balaban J connectivity index is 1.56. The maximum absolute atomic E-state index is 7.12. The fraction of sp³-hybridized carbons (Fsp3) is 0.350. The Bertz CT molecular complexity index is 935. The van der Waals surface area contributed by atoms with Crippen LogP contribution in [0, 0.1) is 5.41 Å². The zero-order valence-electron chi connectivity index (χ0n) is 16.8. The first kappa shape index (κ1) is 20.6. The third-order valence-electron chi connectivity index (χ3n) is 4.87. The minimum Gasteiger partial charge on any atom is -0.338 e. The number of rotatable bonds is 8. The minimum absolute atomic E-state index is 0.219. The number of hydrogen-bond donors (Lipinski definition) is 5. The fourth-order valence-corrected chi connectivity index (χ4v) is 3.80. The van der Waals surface area contributed by atoms with Gasteiger partial charge in [0.1, 0.15) is 5.82 Å². The first-order chi connectivity index (χ1) is 14.7. The molecule has 1 saturated heterocycles. The van der Waals surface area contributed by atoms with Gasteiger partial charge in [0.05, 0.1) is 11.9 Å². The second-order valence-electron chi connectivity index (χ2n) is 7.02. The monoisotopic (exact) mass is 426 g/mol. The molecule has 158 valence electrons. The van der Waals surface area contributed by atoms with E-state index in [1.165, 1.54) is 18.2 Å². The molecule has 1 aromatic carbocycles. The van der Waals surface area contributed by atoms with Crippen molar-refractivity contribution in [2.75, 3.05) is 43.7 Å². The molecule has 0 saturated carbocycles. The molecule has 0 bridgehead atoms. The molecule has 10 heteroatoms. The van der Waals surface area contributed by atoms with Gasteiger partial charge in [-0.05, 0) is 30.4 Å². The first-order valence-corrected chi connectivity index (χ1v) is 11.1. The SMILES string of the molecule is CSNc1cc(C2=NC(CN3CCNCC3)ON2)cc(-c2cnc(/C=C\C=N)[nH]2)c1. The molecule has 5 N–H and O–H groups in total. The van der Waals surface area contributed by atoms with Crippen LogP contribution in [-0.2, 0) is 4.84 Å². The summed E-state index contributed by atoms with van der Waals surface area (Å²) in [6.07, 6.45) is 8.18. The molecule has 0 amide bonds. The minimum atomic E-state index is -0.219. The van der Waals surface area contributed by atoms with Gasteiger partial charge in [-0.2, -0.15) is 0 Å². The molecule has 3 heterocycles. The zero-order valence-corrected chi connectivity index (χ0v) is 17.6. The number of hydroxylamine groups is 1. The second-order valence-corrected chi connectivity index (χ2v) is 7.63. The zero-order chi connectivity index (χ0) is 20.8. The van der Waals surface area contributed by atoms with E-state index in [9.17, 15) is 0 Å². The van der Waals surface area contributed by atoms with E-state index in [4.69, 9.17) is 15.2 Å². The summed E-state index contributed by atoms with van der Waals surface area (Å²) in [5.74, 6) is 1.43. The van der Waals surface area contributed by atoms with E-state index in [2.05, 4.69) is 48.6 Å². The number of benzene rings is 1. The molecule has 30 heavy (non-hydrogen) atoms. The number of hydrogen-bond acceptors (Lipinski definition) is 9. The summed E-state index contributed by atoms with van der Waals surface area (Å²) in [7, 11) is 0. The summed E-state index contributed by atoms with van der Waals surface area (Å²) in [6, 6.07) is 6.17. The molecule has 2 aliphatic heterocycles. The lowest BCUT2D eigenvalue weighted by molar-refractivity contribution is 0.0128. The number of H-pyrrole nitrogens is 1. The van der Waals surface area contributed by atoms with Gasteiger partial charge < -0.3 is 20.4 Å². The molecule has 0 spiro atoms. The number of anilines is 1. The highest BCUT2D eigenvalue weighted by Crippen LogP contribution is 2.26. The first-order valence-electron chi connectivity index (χ1n) is 9.84. The van der Waals surface area contributed by atoms with Crippen LogP contribution in [0.3, 0.4) is 0 Å². The molecule has 1 atom stereocenters.